The van der Waals surface area contributed by atoms with E-state index in [9.17, 15) is 13.6 Å². The van der Waals surface area contributed by atoms with Crippen LogP contribution in [0.1, 0.15) is 10.4 Å². The predicted molar refractivity (Wildman–Crippen MR) is 54.7 cm³/mol. The van der Waals surface area contributed by atoms with Crippen molar-refractivity contribution in [2.45, 2.75) is 6.61 Å². The summed E-state index contributed by atoms with van der Waals surface area (Å²) < 4.78 is 38.3. The SMILES string of the molecule is COc1cc(C(N)=O)cc(OC)c1OC(F)F. The topological polar surface area (TPSA) is 70.8 Å². The molecular formula is C10H11F2NO4. The number of halogens is 2. The van der Waals surface area contributed by atoms with E-state index in [1.165, 1.54) is 26.4 Å². The largest absolute Gasteiger partial charge is 0.493 e. The number of carbonyl (C=O) groups excluding carboxylic acids is 1. The number of methoxy groups -OCH3 is 2. The number of rotatable bonds is 5. The number of hydrogen-bond donors (Lipinski definition) is 1. The van der Waals surface area contributed by atoms with Crippen LogP contribution in [0.25, 0.3) is 0 Å². The van der Waals surface area contributed by atoms with Crippen molar-refractivity contribution in [3.8, 4) is 17.2 Å². The molecule has 0 aliphatic rings. The summed E-state index contributed by atoms with van der Waals surface area (Å²) in [7, 11) is 2.50. The molecule has 0 radical (unpaired) electrons. The molecule has 0 atom stereocenters. The summed E-state index contributed by atoms with van der Waals surface area (Å²) in [6.07, 6.45) is 0. The van der Waals surface area contributed by atoms with E-state index in [-0.39, 0.29) is 22.8 Å². The summed E-state index contributed by atoms with van der Waals surface area (Å²) in [6.45, 7) is -3.03. The number of primary amides is 1. The van der Waals surface area contributed by atoms with Crippen LogP contribution in [0.15, 0.2) is 12.1 Å². The first-order valence-electron chi connectivity index (χ1n) is 4.50. The van der Waals surface area contributed by atoms with E-state index in [2.05, 4.69) is 4.74 Å². The second-order valence-electron chi connectivity index (χ2n) is 2.95. The van der Waals surface area contributed by atoms with Crippen LogP contribution in [0, 0.1) is 0 Å². The van der Waals surface area contributed by atoms with Crippen LogP contribution in [0.3, 0.4) is 0 Å². The molecule has 94 valence electrons. The third-order valence-corrected chi connectivity index (χ3v) is 1.95. The Morgan fingerprint density at radius 3 is 2.00 bits per heavy atom. The lowest BCUT2D eigenvalue weighted by Gasteiger charge is -2.14. The smallest absolute Gasteiger partial charge is 0.387 e. The van der Waals surface area contributed by atoms with Gasteiger partial charge in [0.25, 0.3) is 0 Å². The number of amides is 1. The highest BCUT2D eigenvalue weighted by Gasteiger charge is 2.19. The van der Waals surface area contributed by atoms with Crippen LogP contribution in [-0.4, -0.2) is 26.7 Å². The normalized spacial score (nSPS) is 10.2. The molecule has 1 rings (SSSR count). The molecule has 1 amide bonds. The lowest BCUT2D eigenvalue weighted by molar-refractivity contribution is -0.0526. The first-order valence-corrected chi connectivity index (χ1v) is 4.50. The number of benzene rings is 1. The van der Waals surface area contributed by atoms with Crippen molar-refractivity contribution in [3.63, 3.8) is 0 Å². The summed E-state index contributed by atoms with van der Waals surface area (Å²) in [5, 5.41) is 0. The molecule has 0 aliphatic carbocycles. The van der Waals surface area contributed by atoms with Gasteiger partial charge in [-0.1, -0.05) is 0 Å². The molecule has 0 heterocycles. The average Bonchev–Trinajstić information content (AvgIpc) is 2.28. The fraction of sp³-hybridized carbons (Fsp3) is 0.300. The van der Waals surface area contributed by atoms with Gasteiger partial charge in [0, 0.05) is 5.56 Å². The van der Waals surface area contributed by atoms with Crippen LogP contribution < -0.4 is 19.9 Å². The van der Waals surface area contributed by atoms with Gasteiger partial charge in [-0.2, -0.15) is 8.78 Å². The number of hydrogen-bond acceptors (Lipinski definition) is 4. The maximum atomic E-state index is 12.2. The zero-order valence-corrected chi connectivity index (χ0v) is 9.20. The van der Waals surface area contributed by atoms with E-state index >= 15 is 0 Å². The summed E-state index contributed by atoms with van der Waals surface area (Å²) in [5.74, 6) is -1.13. The van der Waals surface area contributed by atoms with Gasteiger partial charge in [0.1, 0.15) is 0 Å². The minimum absolute atomic E-state index is 0.0570. The highest BCUT2D eigenvalue weighted by molar-refractivity contribution is 5.94. The minimum Gasteiger partial charge on any atom is -0.493 e. The van der Waals surface area contributed by atoms with Gasteiger partial charge in [-0.15, -0.1) is 0 Å². The molecule has 0 saturated carbocycles. The van der Waals surface area contributed by atoms with Crippen LogP contribution in [0.4, 0.5) is 8.78 Å². The van der Waals surface area contributed by atoms with Crippen LogP contribution in [0.2, 0.25) is 0 Å². The Hall–Kier alpha value is -2.05. The Kier molecular flexibility index (Phi) is 4.08. The van der Waals surface area contributed by atoms with Gasteiger partial charge in [-0.25, -0.2) is 0 Å². The highest BCUT2D eigenvalue weighted by atomic mass is 19.3. The Morgan fingerprint density at radius 2 is 1.71 bits per heavy atom. The van der Waals surface area contributed by atoms with Gasteiger partial charge in [-0.3, -0.25) is 4.79 Å². The van der Waals surface area contributed by atoms with Gasteiger partial charge in [0.05, 0.1) is 14.2 Å². The number of nitrogens with two attached hydrogens (primary N) is 1. The first kappa shape index (κ1) is 13.0. The molecule has 7 heteroatoms. The van der Waals surface area contributed by atoms with E-state index in [4.69, 9.17) is 15.2 Å². The molecule has 1 aromatic rings. The summed E-state index contributed by atoms with van der Waals surface area (Å²) in [5.41, 5.74) is 5.14. The zero-order valence-electron chi connectivity index (χ0n) is 9.20. The molecule has 0 fully saturated rings. The third kappa shape index (κ3) is 2.96. The summed E-state index contributed by atoms with van der Waals surface area (Å²) in [4.78, 5) is 11.0. The molecule has 0 aliphatic heterocycles. The predicted octanol–water partition coefficient (Wildman–Crippen LogP) is 1.40. The molecule has 17 heavy (non-hydrogen) atoms. The molecule has 0 aromatic heterocycles. The Labute approximate surface area is 96.1 Å². The molecule has 0 unspecified atom stereocenters. The Bertz CT molecular complexity index is 398. The summed E-state index contributed by atoms with van der Waals surface area (Å²) >= 11 is 0. The number of ether oxygens (including phenoxy) is 3. The number of alkyl halides is 2. The quantitative estimate of drug-likeness (QED) is 0.853. The van der Waals surface area contributed by atoms with E-state index in [1.54, 1.807) is 0 Å². The van der Waals surface area contributed by atoms with E-state index < -0.39 is 12.5 Å². The minimum atomic E-state index is -3.03. The van der Waals surface area contributed by atoms with Gasteiger partial charge in [0.2, 0.25) is 11.7 Å². The van der Waals surface area contributed by atoms with Crippen molar-refractivity contribution < 1.29 is 27.8 Å². The molecule has 0 spiro atoms. The molecule has 1 aromatic carbocycles. The van der Waals surface area contributed by atoms with Crippen molar-refractivity contribution >= 4 is 5.91 Å². The van der Waals surface area contributed by atoms with Crippen LogP contribution in [0.5, 0.6) is 17.2 Å². The second kappa shape index (κ2) is 5.33. The number of carbonyl (C=O) groups is 1. The molecule has 0 bridgehead atoms. The summed E-state index contributed by atoms with van der Waals surface area (Å²) in [6, 6.07) is 2.39. The van der Waals surface area contributed by atoms with Gasteiger partial charge < -0.3 is 19.9 Å². The van der Waals surface area contributed by atoms with Gasteiger partial charge in [-0.05, 0) is 12.1 Å². The van der Waals surface area contributed by atoms with Crippen LogP contribution >= 0.6 is 0 Å². The standard InChI is InChI=1S/C10H11F2NO4/c1-15-6-3-5(9(13)14)4-7(16-2)8(6)17-10(11)12/h3-4,10H,1-2H3,(H2,13,14). The fourth-order valence-electron chi connectivity index (χ4n) is 1.23. The van der Waals surface area contributed by atoms with Gasteiger partial charge in [0.15, 0.2) is 11.5 Å². The Balaban J connectivity index is 3.30. The Morgan fingerprint density at radius 1 is 1.24 bits per heavy atom. The van der Waals surface area contributed by atoms with E-state index in [1.807, 2.05) is 0 Å². The fourth-order valence-corrected chi connectivity index (χ4v) is 1.23. The van der Waals surface area contributed by atoms with Crippen molar-refractivity contribution in [3.05, 3.63) is 17.7 Å². The average molecular weight is 247 g/mol. The second-order valence-corrected chi connectivity index (χ2v) is 2.95. The first-order chi connectivity index (χ1) is 7.99. The van der Waals surface area contributed by atoms with Crippen molar-refractivity contribution in [1.82, 2.24) is 0 Å². The third-order valence-electron chi connectivity index (χ3n) is 1.95. The molecule has 5 nitrogen and oxygen atoms in total. The molecule has 0 saturated heterocycles. The van der Waals surface area contributed by atoms with E-state index in [0.717, 1.165) is 0 Å². The van der Waals surface area contributed by atoms with Gasteiger partial charge >= 0.3 is 6.61 Å². The lowest BCUT2D eigenvalue weighted by atomic mass is 10.1. The lowest BCUT2D eigenvalue weighted by Crippen LogP contribution is -2.12. The maximum absolute atomic E-state index is 12.2. The van der Waals surface area contributed by atoms with Crippen molar-refractivity contribution in [2.24, 2.45) is 5.73 Å². The monoisotopic (exact) mass is 247 g/mol. The maximum Gasteiger partial charge on any atom is 0.387 e. The zero-order chi connectivity index (χ0) is 13.0. The molecular weight excluding hydrogens is 236 g/mol. The molecule has 2 N–H and O–H groups in total. The van der Waals surface area contributed by atoms with Crippen molar-refractivity contribution in [2.75, 3.05) is 14.2 Å². The van der Waals surface area contributed by atoms with Crippen molar-refractivity contribution in [1.29, 1.82) is 0 Å². The highest BCUT2D eigenvalue weighted by Crippen LogP contribution is 2.39. The van der Waals surface area contributed by atoms with E-state index in [0.29, 0.717) is 0 Å². The van der Waals surface area contributed by atoms with Crippen LogP contribution in [-0.2, 0) is 0 Å².